The number of carbonyl (C=O) groups excluding carboxylic acids is 2. The topological polar surface area (TPSA) is 55.4 Å². The molecule has 1 N–H and O–H groups in total. The van der Waals surface area contributed by atoms with Crippen molar-refractivity contribution >= 4 is 11.9 Å². The van der Waals surface area contributed by atoms with Crippen LogP contribution in [0.15, 0.2) is 66.7 Å². The lowest BCUT2D eigenvalue weighted by Crippen LogP contribution is -2.41. The van der Waals surface area contributed by atoms with Gasteiger partial charge < -0.3 is 10.1 Å². The maximum absolute atomic E-state index is 12.8. The molecule has 0 fully saturated rings. The number of methoxy groups -OCH3 is 1. The number of alkyl halides is 3. The van der Waals surface area contributed by atoms with E-state index in [0.717, 1.165) is 11.1 Å². The van der Waals surface area contributed by atoms with Gasteiger partial charge in [0.15, 0.2) is 0 Å². The molecule has 0 radical (unpaired) electrons. The average Bonchev–Trinajstić information content (AvgIpc) is 2.71. The number of benzene rings is 2. The van der Waals surface area contributed by atoms with E-state index < -0.39 is 30.0 Å². The zero-order chi connectivity index (χ0) is 21.4. The molecule has 0 aliphatic carbocycles. The van der Waals surface area contributed by atoms with Crippen LogP contribution in [0.5, 0.6) is 0 Å². The van der Waals surface area contributed by atoms with Crippen molar-refractivity contribution in [3.05, 3.63) is 72.3 Å². The number of amides is 1. The fraction of sp³-hybridized carbons (Fsp3) is 0.273. The highest BCUT2D eigenvalue weighted by molar-refractivity contribution is 5.82. The van der Waals surface area contributed by atoms with Gasteiger partial charge in [0.2, 0.25) is 0 Å². The molecule has 2 atom stereocenters. The molecule has 4 nitrogen and oxygen atoms in total. The van der Waals surface area contributed by atoms with Gasteiger partial charge in [-0.25, -0.2) is 0 Å². The molecule has 29 heavy (non-hydrogen) atoms. The monoisotopic (exact) mass is 405 g/mol. The van der Waals surface area contributed by atoms with Crippen molar-refractivity contribution < 1.29 is 27.5 Å². The standard InChI is InChI=1S/C22H22F3NO3/c1-15(7-6-10-19(27)29-2)20(26-21(28)22(23,24)25)18-13-11-17(12-14-18)16-8-4-3-5-9-16/h3-9,11-15,20H,10H2,1-2H3,(H,26,28)/b7-6+/t15-,20+/m0/s1. The molecule has 0 spiro atoms. The molecule has 2 aromatic rings. The summed E-state index contributed by atoms with van der Waals surface area (Å²) in [5, 5.41) is 2.05. The first kappa shape index (κ1) is 22.2. The fourth-order valence-corrected chi connectivity index (χ4v) is 2.83. The van der Waals surface area contributed by atoms with E-state index in [1.54, 1.807) is 37.3 Å². The van der Waals surface area contributed by atoms with Crippen molar-refractivity contribution in [1.82, 2.24) is 5.32 Å². The summed E-state index contributed by atoms with van der Waals surface area (Å²) in [6.45, 7) is 1.67. The van der Waals surface area contributed by atoms with E-state index in [9.17, 15) is 22.8 Å². The fourth-order valence-electron chi connectivity index (χ4n) is 2.83. The lowest BCUT2D eigenvalue weighted by Gasteiger charge is -2.24. The molecule has 0 heterocycles. The number of hydrogen-bond acceptors (Lipinski definition) is 3. The Morgan fingerprint density at radius 2 is 1.62 bits per heavy atom. The van der Waals surface area contributed by atoms with Crippen molar-refractivity contribution in [2.45, 2.75) is 25.6 Å². The van der Waals surface area contributed by atoms with E-state index in [4.69, 9.17) is 0 Å². The van der Waals surface area contributed by atoms with Gasteiger partial charge in [0.05, 0.1) is 19.6 Å². The predicted molar refractivity (Wildman–Crippen MR) is 104 cm³/mol. The molecule has 0 saturated carbocycles. The number of nitrogens with one attached hydrogen (secondary N) is 1. The van der Waals surface area contributed by atoms with E-state index in [1.165, 1.54) is 13.2 Å². The molecule has 0 aromatic heterocycles. The Hall–Kier alpha value is -3.09. The normalized spacial score (nSPS) is 13.7. The summed E-state index contributed by atoms with van der Waals surface area (Å²) < 4.78 is 42.9. The Kier molecular flexibility index (Phi) is 7.59. The lowest BCUT2D eigenvalue weighted by atomic mass is 9.92. The molecule has 2 aromatic carbocycles. The minimum atomic E-state index is -4.99. The molecular formula is C22H22F3NO3. The van der Waals surface area contributed by atoms with E-state index in [-0.39, 0.29) is 6.42 Å². The van der Waals surface area contributed by atoms with Crippen LogP contribution in [0.2, 0.25) is 0 Å². The van der Waals surface area contributed by atoms with Crippen molar-refractivity contribution in [2.24, 2.45) is 5.92 Å². The quantitative estimate of drug-likeness (QED) is 0.530. The molecule has 0 aliphatic rings. The minimum absolute atomic E-state index is 0.00623. The highest BCUT2D eigenvalue weighted by Gasteiger charge is 2.40. The number of carbonyl (C=O) groups is 2. The zero-order valence-electron chi connectivity index (χ0n) is 16.1. The van der Waals surface area contributed by atoms with Crippen LogP contribution in [0.4, 0.5) is 13.2 Å². The molecule has 0 saturated heterocycles. The van der Waals surface area contributed by atoms with Crippen LogP contribution in [0.3, 0.4) is 0 Å². The van der Waals surface area contributed by atoms with Crippen molar-refractivity contribution in [3.8, 4) is 11.1 Å². The first-order valence-electron chi connectivity index (χ1n) is 8.99. The molecule has 0 unspecified atom stereocenters. The smallest absolute Gasteiger partial charge is 0.469 e. The van der Waals surface area contributed by atoms with Crippen LogP contribution in [-0.2, 0) is 14.3 Å². The highest BCUT2D eigenvalue weighted by Crippen LogP contribution is 2.28. The predicted octanol–water partition coefficient (Wildman–Crippen LogP) is 4.83. The Labute approximate surface area is 167 Å². The minimum Gasteiger partial charge on any atom is -0.469 e. The first-order chi connectivity index (χ1) is 13.7. The second-order valence-electron chi connectivity index (χ2n) is 6.50. The summed E-state index contributed by atoms with van der Waals surface area (Å²) in [6.07, 6.45) is -1.89. The van der Waals surface area contributed by atoms with Crippen LogP contribution in [0.25, 0.3) is 11.1 Å². The summed E-state index contributed by atoms with van der Waals surface area (Å²) in [7, 11) is 1.25. The second-order valence-corrected chi connectivity index (χ2v) is 6.50. The number of hydrogen-bond donors (Lipinski definition) is 1. The molecular weight excluding hydrogens is 383 g/mol. The van der Waals surface area contributed by atoms with Crippen LogP contribution in [-0.4, -0.2) is 25.2 Å². The van der Waals surface area contributed by atoms with E-state index >= 15 is 0 Å². The van der Waals surface area contributed by atoms with Crippen LogP contribution >= 0.6 is 0 Å². The Balaban J connectivity index is 2.26. The van der Waals surface area contributed by atoms with Gasteiger partial charge in [-0.1, -0.05) is 73.7 Å². The van der Waals surface area contributed by atoms with Gasteiger partial charge in [0.25, 0.3) is 0 Å². The van der Waals surface area contributed by atoms with Gasteiger partial charge in [-0.05, 0) is 22.6 Å². The van der Waals surface area contributed by atoms with Gasteiger partial charge in [-0.15, -0.1) is 0 Å². The Morgan fingerprint density at radius 1 is 1.03 bits per heavy atom. The number of halogens is 3. The highest BCUT2D eigenvalue weighted by atomic mass is 19.4. The van der Waals surface area contributed by atoms with Gasteiger partial charge >= 0.3 is 18.1 Å². The summed E-state index contributed by atoms with van der Waals surface area (Å²) in [5.74, 6) is -2.96. The third-order valence-corrected chi connectivity index (χ3v) is 4.40. The van der Waals surface area contributed by atoms with Crippen LogP contribution in [0.1, 0.15) is 24.9 Å². The second kappa shape index (κ2) is 9.91. The maximum atomic E-state index is 12.8. The maximum Gasteiger partial charge on any atom is 0.471 e. The van der Waals surface area contributed by atoms with E-state index in [2.05, 4.69) is 10.1 Å². The summed E-state index contributed by atoms with van der Waals surface area (Å²) >= 11 is 0. The van der Waals surface area contributed by atoms with Gasteiger partial charge in [0, 0.05) is 0 Å². The SMILES string of the molecule is COC(=O)C/C=C/[C@H](C)[C@@H](NC(=O)C(F)(F)F)c1ccc(-c2ccccc2)cc1. The Morgan fingerprint density at radius 3 is 2.17 bits per heavy atom. The van der Waals surface area contributed by atoms with Crippen molar-refractivity contribution in [1.29, 1.82) is 0 Å². The summed E-state index contributed by atoms with van der Waals surface area (Å²) in [5.41, 5.74) is 2.41. The van der Waals surface area contributed by atoms with Crippen molar-refractivity contribution in [3.63, 3.8) is 0 Å². The number of ether oxygens (including phenoxy) is 1. The molecule has 154 valence electrons. The van der Waals surface area contributed by atoms with E-state index in [1.807, 2.05) is 30.3 Å². The Bertz CT molecular complexity index is 846. The average molecular weight is 405 g/mol. The molecule has 2 rings (SSSR count). The summed E-state index contributed by atoms with van der Waals surface area (Å²) in [4.78, 5) is 22.8. The van der Waals surface area contributed by atoms with E-state index in [0.29, 0.717) is 5.56 Å². The largest absolute Gasteiger partial charge is 0.471 e. The lowest BCUT2D eigenvalue weighted by molar-refractivity contribution is -0.174. The third-order valence-electron chi connectivity index (χ3n) is 4.40. The van der Waals surface area contributed by atoms with Crippen LogP contribution < -0.4 is 5.32 Å². The van der Waals surface area contributed by atoms with Crippen LogP contribution in [0, 0.1) is 5.92 Å². The molecule has 7 heteroatoms. The number of esters is 1. The van der Waals surface area contributed by atoms with Crippen molar-refractivity contribution in [2.75, 3.05) is 7.11 Å². The first-order valence-corrected chi connectivity index (χ1v) is 8.99. The molecule has 0 aliphatic heterocycles. The van der Waals surface area contributed by atoms with Gasteiger partial charge in [0.1, 0.15) is 0 Å². The molecule has 1 amide bonds. The third kappa shape index (κ3) is 6.48. The number of rotatable bonds is 7. The zero-order valence-corrected chi connectivity index (χ0v) is 16.1. The van der Waals surface area contributed by atoms with Gasteiger partial charge in [-0.2, -0.15) is 13.2 Å². The van der Waals surface area contributed by atoms with Gasteiger partial charge in [-0.3, -0.25) is 9.59 Å². The molecule has 0 bridgehead atoms. The summed E-state index contributed by atoms with van der Waals surface area (Å²) in [6, 6.07) is 15.6.